The Balaban J connectivity index is 1.58. The number of sulfonamides is 1. The second kappa shape index (κ2) is 9.49. The lowest BCUT2D eigenvalue weighted by Crippen LogP contribution is -2.49. The third kappa shape index (κ3) is 4.72. The van der Waals surface area contributed by atoms with E-state index < -0.39 is 10.0 Å². The maximum atomic E-state index is 13.1. The number of benzene rings is 2. The first-order chi connectivity index (χ1) is 15.8. The summed E-state index contributed by atoms with van der Waals surface area (Å²) in [5, 5.41) is 0. The van der Waals surface area contributed by atoms with Crippen LogP contribution < -0.4 is 9.64 Å². The molecule has 1 fully saturated rings. The zero-order chi connectivity index (χ0) is 23.6. The number of hydrogen-bond acceptors (Lipinski definition) is 6. The number of anilines is 1. The molecule has 0 unspecified atom stereocenters. The lowest BCUT2D eigenvalue weighted by Gasteiger charge is -2.35. The molecule has 1 aromatic heterocycles. The van der Waals surface area contributed by atoms with Crippen molar-refractivity contribution in [3.05, 3.63) is 65.4 Å². The van der Waals surface area contributed by atoms with Crippen LogP contribution in [0.4, 0.5) is 5.82 Å². The molecule has 33 heavy (non-hydrogen) atoms. The van der Waals surface area contributed by atoms with E-state index in [1.54, 1.807) is 35.7 Å². The van der Waals surface area contributed by atoms with Gasteiger partial charge in [0.25, 0.3) is 0 Å². The van der Waals surface area contributed by atoms with Gasteiger partial charge in [-0.25, -0.2) is 18.4 Å². The summed E-state index contributed by atoms with van der Waals surface area (Å²) in [6.45, 7) is 8.14. The van der Waals surface area contributed by atoms with Crippen LogP contribution >= 0.6 is 0 Å². The van der Waals surface area contributed by atoms with Crippen LogP contribution in [0.2, 0.25) is 0 Å². The van der Waals surface area contributed by atoms with Crippen molar-refractivity contribution < 1.29 is 13.2 Å². The van der Waals surface area contributed by atoms with Crippen molar-refractivity contribution in [1.29, 1.82) is 0 Å². The molecule has 2 aromatic carbocycles. The Bertz CT molecular complexity index is 1240. The first-order valence-corrected chi connectivity index (χ1v) is 12.6. The number of methoxy groups -OCH3 is 1. The van der Waals surface area contributed by atoms with Gasteiger partial charge in [0, 0.05) is 43.0 Å². The smallest absolute Gasteiger partial charge is 0.243 e. The molecule has 1 saturated heterocycles. The molecule has 0 N–H and O–H groups in total. The van der Waals surface area contributed by atoms with Crippen LogP contribution in [0, 0.1) is 13.8 Å². The Kier molecular flexibility index (Phi) is 6.67. The Labute approximate surface area is 196 Å². The first-order valence-electron chi connectivity index (χ1n) is 11.2. The van der Waals surface area contributed by atoms with E-state index in [0.29, 0.717) is 37.8 Å². The van der Waals surface area contributed by atoms with Crippen LogP contribution in [-0.4, -0.2) is 56.0 Å². The average Bonchev–Trinajstić information content (AvgIpc) is 2.83. The van der Waals surface area contributed by atoms with E-state index in [0.717, 1.165) is 34.6 Å². The van der Waals surface area contributed by atoms with Crippen LogP contribution in [0.15, 0.2) is 53.4 Å². The topological polar surface area (TPSA) is 75.6 Å². The Morgan fingerprint density at radius 1 is 0.970 bits per heavy atom. The molecule has 0 saturated carbocycles. The third-order valence-electron chi connectivity index (χ3n) is 6.06. The summed E-state index contributed by atoms with van der Waals surface area (Å²) in [6, 6.07) is 14.7. The lowest BCUT2D eigenvalue weighted by molar-refractivity contribution is 0.383. The van der Waals surface area contributed by atoms with Crippen molar-refractivity contribution in [2.24, 2.45) is 0 Å². The molecule has 8 heteroatoms. The molecule has 0 spiro atoms. The molecule has 1 aliphatic heterocycles. The minimum Gasteiger partial charge on any atom is -0.497 e. The zero-order valence-electron chi connectivity index (χ0n) is 19.6. The van der Waals surface area contributed by atoms with Crippen LogP contribution in [0.5, 0.6) is 5.75 Å². The normalized spacial score (nSPS) is 15.0. The molecule has 7 nitrogen and oxygen atoms in total. The third-order valence-corrected chi connectivity index (χ3v) is 7.97. The summed E-state index contributed by atoms with van der Waals surface area (Å²) in [5.41, 5.74) is 4.22. The maximum absolute atomic E-state index is 13.1. The fourth-order valence-electron chi connectivity index (χ4n) is 4.21. The largest absolute Gasteiger partial charge is 0.497 e. The monoisotopic (exact) mass is 466 g/mol. The molecule has 1 aliphatic rings. The maximum Gasteiger partial charge on any atom is 0.243 e. The number of rotatable bonds is 6. The summed E-state index contributed by atoms with van der Waals surface area (Å²) in [5.74, 6) is 2.24. The predicted molar refractivity (Wildman–Crippen MR) is 130 cm³/mol. The molecule has 4 rings (SSSR count). The molecule has 0 radical (unpaired) electrons. The summed E-state index contributed by atoms with van der Waals surface area (Å²) in [4.78, 5) is 12.2. The predicted octanol–water partition coefficient (Wildman–Crippen LogP) is 3.84. The number of ether oxygens (including phenoxy) is 1. The van der Waals surface area contributed by atoms with Crippen LogP contribution in [-0.2, 0) is 16.4 Å². The Hall–Kier alpha value is -2.97. The highest BCUT2D eigenvalue weighted by Crippen LogP contribution is 2.28. The summed E-state index contributed by atoms with van der Waals surface area (Å²) in [7, 11) is -1.99. The van der Waals surface area contributed by atoms with Gasteiger partial charge in [-0.05, 0) is 50.6 Å². The number of aromatic nitrogens is 2. The van der Waals surface area contributed by atoms with Gasteiger partial charge in [0.05, 0.1) is 12.0 Å². The minimum absolute atomic E-state index is 0.283. The number of nitrogens with zero attached hydrogens (tertiary/aromatic N) is 4. The van der Waals surface area contributed by atoms with E-state index in [2.05, 4.69) is 30.9 Å². The van der Waals surface area contributed by atoms with E-state index in [9.17, 15) is 8.42 Å². The first kappa shape index (κ1) is 23.2. The Morgan fingerprint density at radius 2 is 1.67 bits per heavy atom. The summed E-state index contributed by atoms with van der Waals surface area (Å²) in [6.07, 6.45) is 0.819. The van der Waals surface area contributed by atoms with E-state index in [1.165, 1.54) is 0 Å². The second-order valence-corrected chi connectivity index (χ2v) is 10.2. The van der Waals surface area contributed by atoms with Gasteiger partial charge in [0.1, 0.15) is 11.6 Å². The summed E-state index contributed by atoms with van der Waals surface area (Å²) >= 11 is 0. The molecule has 174 valence electrons. The molecule has 3 aromatic rings. The van der Waals surface area contributed by atoms with Gasteiger partial charge in [0.2, 0.25) is 10.0 Å². The minimum atomic E-state index is -3.55. The number of hydrogen-bond donors (Lipinski definition) is 0. The van der Waals surface area contributed by atoms with Crippen molar-refractivity contribution in [3.63, 3.8) is 0 Å². The molecule has 0 aliphatic carbocycles. The summed E-state index contributed by atoms with van der Waals surface area (Å²) < 4.78 is 32.9. The molecule has 0 atom stereocenters. The SMILES string of the molecule is CCc1c(C)nc(-c2cccc(C)c2)nc1N1CCN(S(=O)(=O)c2ccc(OC)cc2)CC1. The van der Waals surface area contributed by atoms with E-state index >= 15 is 0 Å². The van der Waals surface area contributed by atoms with Crippen LogP contribution in [0.1, 0.15) is 23.7 Å². The zero-order valence-corrected chi connectivity index (χ0v) is 20.4. The van der Waals surface area contributed by atoms with Gasteiger partial charge in [-0.2, -0.15) is 4.31 Å². The number of aryl methyl sites for hydroxylation is 2. The van der Waals surface area contributed by atoms with Gasteiger partial charge in [0.15, 0.2) is 5.82 Å². The highest BCUT2D eigenvalue weighted by molar-refractivity contribution is 7.89. The van der Waals surface area contributed by atoms with Gasteiger partial charge in [-0.1, -0.05) is 30.7 Å². The molecule has 0 amide bonds. The highest BCUT2D eigenvalue weighted by atomic mass is 32.2. The Morgan fingerprint density at radius 3 is 2.27 bits per heavy atom. The number of piperazine rings is 1. The van der Waals surface area contributed by atoms with E-state index in [4.69, 9.17) is 14.7 Å². The van der Waals surface area contributed by atoms with Crippen molar-refractivity contribution >= 4 is 15.8 Å². The fraction of sp³-hybridized carbons (Fsp3) is 0.360. The molecule has 2 heterocycles. The van der Waals surface area contributed by atoms with Gasteiger partial charge < -0.3 is 9.64 Å². The van der Waals surface area contributed by atoms with Gasteiger partial charge in [-0.15, -0.1) is 0 Å². The molecule has 0 bridgehead atoms. The lowest BCUT2D eigenvalue weighted by atomic mass is 10.1. The van der Waals surface area contributed by atoms with Crippen LogP contribution in [0.25, 0.3) is 11.4 Å². The average molecular weight is 467 g/mol. The highest BCUT2D eigenvalue weighted by Gasteiger charge is 2.30. The fourth-order valence-corrected chi connectivity index (χ4v) is 5.63. The van der Waals surface area contributed by atoms with Crippen LogP contribution in [0.3, 0.4) is 0 Å². The van der Waals surface area contributed by atoms with Gasteiger partial charge >= 0.3 is 0 Å². The molecular formula is C25H30N4O3S. The van der Waals surface area contributed by atoms with E-state index in [-0.39, 0.29) is 4.90 Å². The quantitative estimate of drug-likeness (QED) is 0.549. The standard InChI is InChI=1S/C25H30N4O3S/c1-5-23-19(3)26-24(20-8-6-7-18(2)17-20)27-25(23)28-13-15-29(16-14-28)33(30,31)22-11-9-21(32-4)10-12-22/h6-12,17H,5,13-16H2,1-4H3. The van der Waals surface area contributed by atoms with Crippen molar-refractivity contribution in [1.82, 2.24) is 14.3 Å². The van der Waals surface area contributed by atoms with Crippen molar-refractivity contribution in [2.75, 3.05) is 38.2 Å². The van der Waals surface area contributed by atoms with Gasteiger partial charge in [-0.3, -0.25) is 0 Å². The van der Waals surface area contributed by atoms with E-state index in [1.807, 2.05) is 19.1 Å². The van der Waals surface area contributed by atoms with Crippen molar-refractivity contribution in [3.8, 4) is 17.1 Å². The van der Waals surface area contributed by atoms with Crippen molar-refractivity contribution in [2.45, 2.75) is 32.1 Å². The second-order valence-electron chi connectivity index (χ2n) is 8.22. The molecular weight excluding hydrogens is 436 g/mol.